The summed E-state index contributed by atoms with van der Waals surface area (Å²) in [5, 5.41) is 0. The summed E-state index contributed by atoms with van der Waals surface area (Å²) in [7, 11) is -3.37. The minimum Gasteiger partial charge on any atom is -0.301 e. The van der Waals surface area contributed by atoms with Crippen LogP contribution >= 0.6 is 0 Å². The van der Waals surface area contributed by atoms with Crippen LogP contribution in [0.5, 0.6) is 0 Å². The fourth-order valence-electron chi connectivity index (χ4n) is 3.33. The van der Waals surface area contributed by atoms with Crippen LogP contribution in [0.1, 0.15) is 17.5 Å². The van der Waals surface area contributed by atoms with Crippen molar-refractivity contribution in [1.29, 1.82) is 0 Å². The number of nitrogens with zero attached hydrogens (tertiary/aromatic N) is 2. The second-order valence-corrected chi connectivity index (χ2v) is 8.51. The van der Waals surface area contributed by atoms with E-state index in [1.165, 1.54) is 5.56 Å². The maximum Gasteiger partial charge on any atom is 0.243 e. The van der Waals surface area contributed by atoms with Gasteiger partial charge in [0.05, 0.1) is 4.90 Å². The van der Waals surface area contributed by atoms with E-state index in [2.05, 4.69) is 29.2 Å². The maximum atomic E-state index is 12.8. The van der Waals surface area contributed by atoms with Crippen LogP contribution in [-0.2, 0) is 16.4 Å². The molecule has 2 aromatic rings. The third kappa shape index (κ3) is 4.48. The first-order chi connectivity index (χ1) is 12.1. The van der Waals surface area contributed by atoms with Crippen LogP contribution < -0.4 is 0 Å². The molecule has 0 spiro atoms. The van der Waals surface area contributed by atoms with Crippen molar-refractivity contribution < 1.29 is 8.42 Å². The van der Waals surface area contributed by atoms with Crippen molar-refractivity contribution in [3.63, 3.8) is 0 Å². The lowest BCUT2D eigenvalue weighted by molar-refractivity contribution is 0.187. The molecule has 2 aromatic carbocycles. The summed E-state index contributed by atoms with van der Waals surface area (Å²) < 4.78 is 27.3. The maximum absolute atomic E-state index is 12.8. The van der Waals surface area contributed by atoms with Crippen molar-refractivity contribution in [1.82, 2.24) is 9.21 Å². The van der Waals surface area contributed by atoms with Crippen molar-refractivity contribution in [3.8, 4) is 0 Å². The summed E-state index contributed by atoms with van der Waals surface area (Å²) >= 11 is 0. The number of benzene rings is 2. The van der Waals surface area contributed by atoms with Crippen LogP contribution in [0.2, 0.25) is 0 Å². The van der Waals surface area contributed by atoms with Crippen LogP contribution in [0, 0.1) is 6.92 Å². The van der Waals surface area contributed by atoms with E-state index in [4.69, 9.17) is 0 Å². The number of sulfonamides is 1. The summed E-state index contributed by atoms with van der Waals surface area (Å²) in [5.74, 6) is 0. The van der Waals surface area contributed by atoms with E-state index in [0.717, 1.165) is 38.0 Å². The highest BCUT2D eigenvalue weighted by Gasteiger charge is 2.29. The van der Waals surface area contributed by atoms with E-state index in [-0.39, 0.29) is 0 Å². The first kappa shape index (κ1) is 18.1. The highest BCUT2D eigenvalue weighted by Crippen LogP contribution is 2.21. The Balaban J connectivity index is 1.51. The Labute approximate surface area is 151 Å². The Kier molecular flexibility index (Phi) is 5.89. The molecule has 0 N–H and O–H groups in total. The van der Waals surface area contributed by atoms with Gasteiger partial charge in [0.2, 0.25) is 10.0 Å². The first-order valence-corrected chi connectivity index (χ1v) is 10.3. The van der Waals surface area contributed by atoms with Gasteiger partial charge in [-0.3, -0.25) is 0 Å². The molecule has 0 aromatic heterocycles. The average molecular weight is 359 g/mol. The van der Waals surface area contributed by atoms with Gasteiger partial charge < -0.3 is 4.90 Å². The molecule has 1 aliphatic rings. The Morgan fingerprint density at radius 3 is 2.20 bits per heavy atom. The highest BCUT2D eigenvalue weighted by molar-refractivity contribution is 7.89. The van der Waals surface area contributed by atoms with Gasteiger partial charge in [-0.05, 0) is 43.5 Å². The lowest BCUT2D eigenvalue weighted by Crippen LogP contribution is -2.48. The van der Waals surface area contributed by atoms with Gasteiger partial charge in [-0.25, -0.2) is 8.42 Å². The molecule has 1 heterocycles. The fraction of sp³-hybridized carbons (Fsp3) is 0.400. The Morgan fingerprint density at radius 2 is 1.52 bits per heavy atom. The first-order valence-electron chi connectivity index (χ1n) is 8.89. The Morgan fingerprint density at radius 1 is 0.880 bits per heavy atom. The molecule has 5 heteroatoms. The van der Waals surface area contributed by atoms with Crippen LogP contribution in [0.15, 0.2) is 59.5 Å². The predicted octanol–water partition coefficient (Wildman–Crippen LogP) is 2.93. The monoisotopic (exact) mass is 358 g/mol. The molecule has 0 unspecified atom stereocenters. The van der Waals surface area contributed by atoms with Crippen molar-refractivity contribution >= 4 is 10.0 Å². The molecule has 0 radical (unpaired) electrons. The SMILES string of the molecule is Cc1ccccc1S(=O)(=O)N1CCN(CCCc2ccccc2)CC1. The summed E-state index contributed by atoms with van der Waals surface area (Å²) in [4.78, 5) is 2.81. The zero-order chi connectivity index (χ0) is 17.7. The molecule has 0 aliphatic carbocycles. The Bertz CT molecular complexity index is 782. The van der Waals surface area contributed by atoms with Crippen molar-refractivity contribution in [2.45, 2.75) is 24.7 Å². The van der Waals surface area contributed by atoms with Gasteiger partial charge in [-0.1, -0.05) is 48.5 Å². The lowest BCUT2D eigenvalue weighted by Gasteiger charge is -2.34. The molecule has 1 aliphatic heterocycles. The van der Waals surface area contributed by atoms with Gasteiger partial charge in [-0.2, -0.15) is 4.31 Å². The van der Waals surface area contributed by atoms with Gasteiger partial charge in [0, 0.05) is 26.2 Å². The molecule has 25 heavy (non-hydrogen) atoms. The average Bonchev–Trinajstić information content (AvgIpc) is 2.63. The van der Waals surface area contributed by atoms with Crippen LogP contribution in [0.4, 0.5) is 0 Å². The summed E-state index contributed by atoms with van der Waals surface area (Å²) in [6, 6.07) is 17.7. The van der Waals surface area contributed by atoms with Crippen molar-refractivity contribution in [2.24, 2.45) is 0 Å². The number of hydrogen-bond donors (Lipinski definition) is 0. The summed E-state index contributed by atoms with van der Waals surface area (Å²) in [5.41, 5.74) is 2.18. The highest BCUT2D eigenvalue weighted by atomic mass is 32.2. The van der Waals surface area contributed by atoms with Gasteiger partial charge in [0.25, 0.3) is 0 Å². The molecular formula is C20H26N2O2S. The van der Waals surface area contributed by atoms with Gasteiger partial charge in [0.15, 0.2) is 0 Å². The lowest BCUT2D eigenvalue weighted by atomic mass is 10.1. The molecule has 0 amide bonds. The van der Waals surface area contributed by atoms with E-state index in [1.807, 2.05) is 25.1 Å². The topological polar surface area (TPSA) is 40.6 Å². The van der Waals surface area contributed by atoms with E-state index in [0.29, 0.717) is 18.0 Å². The van der Waals surface area contributed by atoms with E-state index in [9.17, 15) is 8.42 Å². The predicted molar refractivity (Wildman–Crippen MR) is 101 cm³/mol. The van der Waals surface area contributed by atoms with Gasteiger partial charge in [-0.15, -0.1) is 0 Å². The second kappa shape index (κ2) is 8.13. The largest absolute Gasteiger partial charge is 0.301 e. The smallest absolute Gasteiger partial charge is 0.243 e. The molecule has 0 atom stereocenters. The van der Waals surface area contributed by atoms with Crippen LogP contribution in [0.3, 0.4) is 0 Å². The summed E-state index contributed by atoms with van der Waals surface area (Å²) in [6.07, 6.45) is 2.18. The third-order valence-electron chi connectivity index (χ3n) is 4.83. The van der Waals surface area contributed by atoms with Crippen LogP contribution in [0.25, 0.3) is 0 Å². The zero-order valence-corrected chi connectivity index (χ0v) is 15.6. The molecular weight excluding hydrogens is 332 g/mol. The van der Waals surface area contributed by atoms with Crippen molar-refractivity contribution in [3.05, 3.63) is 65.7 Å². The normalized spacial score (nSPS) is 16.8. The van der Waals surface area contributed by atoms with Gasteiger partial charge in [0.1, 0.15) is 0 Å². The quantitative estimate of drug-likeness (QED) is 0.797. The van der Waals surface area contributed by atoms with Crippen molar-refractivity contribution in [2.75, 3.05) is 32.7 Å². The number of hydrogen-bond acceptors (Lipinski definition) is 3. The van der Waals surface area contributed by atoms with Crippen LogP contribution in [-0.4, -0.2) is 50.3 Å². The molecule has 134 valence electrons. The second-order valence-electron chi connectivity index (χ2n) is 6.60. The van der Waals surface area contributed by atoms with E-state index < -0.39 is 10.0 Å². The number of aryl methyl sites for hydroxylation is 2. The number of rotatable bonds is 6. The molecule has 0 saturated carbocycles. The molecule has 4 nitrogen and oxygen atoms in total. The van der Waals surface area contributed by atoms with Gasteiger partial charge >= 0.3 is 0 Å². The number of piperazine rings is 1. The molecule has 1 fully saturated rings. The van der Waals surface area contributed by atoms with E-state index >= 15 is 0 Å². The third-order valence-corrected chi connectivity index (χ3v) is 6.88. The minimum atomic E-state index is -3.37. The fourth-order valence-corrected chi connectivity index (χ4v) is 4.98. The standard InChI is InChI=1S/C20H26N2O2S/c1-18-8-5-6-12-20(18)25(23,24)22-16-14-21(15-17-22)13-7-11-19-9-3-2-4-10-19/h2-6,8-10,12H,7,11,13-17H2,1H3. The molecule has 1 saturated heterocycles. The molecule has 0 bridgehead atoms. The zero-order valence-electron chi connectivity index (χ0n) is 14.8. The Hall–Kier alpha value is -1.69. The van der Waals surface area contributed by atoms with E-state index in [1.54, 1.807) is 16.4 Å². The summed E-state index contributed by atoms with van der Waals surface area (Å²) in [6.45, 7) is 5.63. The minimum absolute atomic E-state index is 0.438. The molecule has 3 rings (SSSR count).